The number of amides is 6. The molecular weight excluding hydrogens is 604 g/mol. The number of carbonyl (C=O) groups is 6. The average molecular weight is 657 g/mol. The Morgan fingerprint density at radius 2 is 1.38 bits per heavy atom. The van der Waals surface area contributed by atoms with E-state index in [1.807, 2.05) is 34.6 Å². The molecule has 0 spiro atoms. The fourth-order valence-corrected chi connectivity index (χ4v) is 5.92. The molecule has 1 aromatic carbocycles. The zero-order chi connectivity index (χ0) is 35.0. The van der Waals surface area contributed by atoms with Crippen molar-refractivity contribution in [1.29, 1.82) is 0 Å². The van der Waals surface area contributed by atoms with Gasteiger partial charge in [0.25, 0.3) is 0 Å². The second-order valence-electron chi connectivity index (χ2n) is 13.9. The predicted molar refractivity (Wildman–Crippen MR) is 176 cm³/mol. The maximum atomic E-state index is 14.1. The maximum absolute atomic E-state index is 14.1. The predicted octanol–water partition coefficient (Wildman–Crippen LogP) is 0.989. The third-order valence-corrected chi connectivity index (χ3v) is 9.02. The third-order valence-electron chi connectivity index (χ3n) is 9.02. The summed E-state index contributed by atoms with van der Waals surface area (Å²) in [7, 11) is 0. The molecule has 6 N–H and O–H groups in total. The van der Waals surface area contributed by atoms with Gasteiger partial charge >= 0.3 is 0 Å². The van der Waals surface area contributed by atoms with E-state index in [0.717, 1.165) is 0 Å². The molecule has 13 nitrogen and oxygen atoms in total. The lowest BCUT2D eigenvalue weighted by Crippen LogP contribution is -2.62. The summed E-state index contributed by atoms with van der Waals surface area (Å²) in [4.78, 5) is 83.1. The van der Waals surface area contributed by atoms with Crippen LogP contribution in [0, 0.1) is 23.7 Å². The van der Waals surface area contributed by atoms with Crippen LogP contribution < -0.4 is 26.6 Å². The quantitative estimate of drug-likeness (QED) is 0.253. The molecule has 0 radical (unpaired) electrons. The molecule has 0 saturated carbocycles. The van der Waals surface area contributed by atoms with Crippen LogP contribution >= 0.6 is 0 Å². The maximum Gasteiger partial charge on any atom is 0.246 e. The molecule has 2 heterocycles. The van der Waals surface area contributed by atoms with E-state index in [9.17, 15) is 33.9 Å². The first-order valence-corrected chi connectivity index (χ1v) is 16.7. The summed E-state index contributed by atoms with van der Waals surface area (Å²) < 4.78 is 0. The molecule has 2 saturated heterocycles. The van der Waals surface area contributed by atoms with Crippen molar-refractivity contribution < 1.29 is 33.9 Å². The lowest BCUT2D eigenvalue weighted by Gasteiger charge is -2.33. The number of nitrogens with zero attached hydrogens (tertiary/aromatic N) is 1. The molecule has 6 atom stereocenters. The Bertz CT molecular complexity index is 1300. The lowest BCUT2D eigenvalue weighted by molar-refractivity contribution is -0.142. The topological polar surface area (TPSA) is 186 Å². The standard InChI is InChI=1S/C34H52N6O7/c1-18(2)15-24-30(43)38-28(20(5)6)32(45)39-29(21(7)19(3)4)33(46)37-25(16-22-10-12-23(41)13-11-22)34(47)40-14-8-9-26(40)31(44)35-17-27(42)36-24/h10-13,18-21,24-26,28-29,41H,8-9,14-17H2,1-7H3,(H,35,44)(H,36,42)(H,37,46)(H,38,43)(H,39,45)/t21-,24-,25+,26+,28+,29+/m1/s1. The van der Waals surface area contributed by atoms with Crippen molar-refractivity contribution in [3.05, 3.63) is 29.8 Å². The van der Waals surface area contributed by atoms with Crippen LogP contribution in [0.4, 0.5) is 0 Å². The molecule has 6 amide bonds. The molecule has 13 heteroatoms. The molecule has 3 rings (SSSR count). The number of aromatic hydroxyl groups is 1. The van der Waals surface area contributed by atoms with E-state index in [0.29, 0.717) is 24.8 Å². The van der Waals surface area contributed by atoms with E-state index in [-0.39, 0.29) is 42.4 Å². The Morgan fingerprint density at radius 3 is 1.98 bits per heavy atom. The summed E-state index contributed by atoms with van der Waals surface area (Å²) in [5.74, 6) is -3.95. The first-order chi connectivity index (χ1) is 22.1. The van der Waals surface area contributed by atoms with Gasteiger partial charge in [-0.25, -0.2) is 0 Å². The molecule has 0 aliphatic carbocycles. The zero-order valence-corrected chi connectivity index (χ0v) is 28.6. The smallest absolute Gasteiger partial charge is 0.246 e. The highest BCUT2D eigenvalue weighted by molar-refractivity contribution is 5.98. The van der Waals surface area contributed by atoms with E-state index >= 15 is 0 Å². The second-order valence-corrected chi connectivity index (χ2v) is 13.9. The number of phenols is 1. The van der Waals surface area contributed by atoms with Crippen molar-refractivity contribution in [2.24, 2.45) is 23.7 Å². The molecule has 2 aliphatic heterocycles. The largest absolute Gasteiger partial charge is 0.508 e. The van der Waals surface area contributed by atoms with Crippen LogP contribution in [0.25, 0.3) is 0 Å². The minimum Gasteiger partial charge on any atom is -0.508 e. The fourth-order valence-electron chi connectivity index (χ4n) is 5.92. The molecule has 2 fully saturated rings. The number of carbonyl (C=O) groups excluding carboxylic acids is 6. The molecule has 0 aromatic heterocycles. The second kappa shape index (κ2) is 16.6. The van der Waals surface area contributed by atoms with E-state index in [1.165, 1.54) is 17.0 Å². The highest BCUT2D eigenvalue weighted by Gasteiger charge is 2.40. The number of benzene rings is 1. The van der Waals surface area contributed by atoms with Crippen molar-refractivity contribution in [2.45, 2.75) is 104 Å². The van der Waals surface area contributed by atoms with Crippen LogP contribution in [-0.2, 0) is 35.2 Å². The Kier molecular flexibility index (Phi) is 13.2. The first-order valence-electron chi connectivity index (χ1n) is 16.7. The molecule has 260 valence electrons. The summed E-state index contributed by atoms with van der Waals surface area (Å²) in [5, 5.41) is 23.6. The minimum atomic E-state index is -1.10. The van der Waals surface area contributed by atoms with Crippen LogP contribution in [0.15, 0.2) is 24.3 Å². The van der Waals surface area contributed by atoms with Crippen molar-refractivity contribution in [3.63, 3.8) is 0 Å². The summed E-state index contributed by atoms with van der Waals surface area (Å²) in [5.41, 5.74) is 0.663. The van der Waals surface area contributed by atoms with Crippen LogP contribution in [0.2, 0.25) is 0 Å². The van der Waals surface area contributed by atoms with Gasteiger partial charge < -0.3 is 36.6 Å². The first kappa shape index (κ1) is 37.3. The van der Waals surface area contributed by atoms with Crippen LogP contribution in [0.1, 0.15) is 73.3 Å². The third kappa shape index (κ3) is 10.2. The van der Waals surface area contributed by atoms with Crippen molar-refractivity contribution in [1.82, 2.24) is 31.5 Å². The Labute approximate surface area is 277 Å². The van der Waals surface area contributed by atoms with Crippen LogP contribution in [0.3, 0.4) is 0 Å². The number of rotatable bonds is 7. The molecule has 2 aliphatic rings. The normalized spacial score (nSPS) is 26.2. The van der Waals surface area contributed by atoms with Gasteiger partial charge in [-0.15, -0.1) is 0 Å². The van der Waals surface area contributed by atoms with E-state index < -0.39 is 72.2 Å². The molecule has 1 aromatic rings. The van der Waals surface area contributed by atoms with E-state index in [2.05, 4.69) is 26.6 Å². The Balaban J connectivity index is 2.06. The van der Waals surface area contributed by atoms with Crippen molar-refractivity contribution in [3.8, 4) is 5.75 Å². The highest BCUT2D eigenvalue weighted by atomic mass is 16.3. The highest BCUT2D eigenvalue weighted by Crippen LogP contribution is 2.22. The fraction of sp³-hybridized carbons (Fsp3) is 0.647. The summed E-state index contributed by atoms with van der Waals surface area (Å²) in [6.07, 6.45) is 1.28. The monoisotopic (exact) mass is 656 g/mol. The zero-order valence-electron chi connectivity index (χ0n) is 28.6. The Hall–Kier alpha value is -4.16. The minimum absolute atomic E-state index is 0.0253. The lowest BCUT2D eigenvalue weighted by atomic mass is 9.88. The van der Waals surface area contributed by atoms with Gasteiger partial charge in [0.05, 0.1) is 6.54 Å². The molecule has 47 heavy (non-hydrogen) atoms. The molecule has 0 bridgehead atoms. The Morgan fingerprint density at radius 1 is 0.766 bits per heavy atom. The van der Waals surface area contributed by atoms with Gasteiger partial charge in [-0.2, -0.15) is 0 Å². The van der Waals surface area contributed by atoms with Gasteiger partial charge in [0, 0.05) is 13.0 Å². The average Bonchev–Trinajstić information content (AvgIpc) is 3.50. The number of fused-ring (bicyclic) bond motifs is 1. The van der Waals surface area contributed by atoms with Gasteiger partial charge in [0.15, 0.2) is 0 Å². The van der Waals surface area contributed by atoms with Gasteiger partial charge in [-0.1, -0.05) is 60.6 Å². The summed E-state index contributed by atoms with van der Waals surface area (Å²) in [6, 6.07) is 1.24. The number of phenolic OH excluding ortho intramolecular Hbond substituents is 1. The van der Waals surface area contributed by atoms with Gasteiger partial charge in [0.1, 0.15) is 36.0 Å². The van der Waals surface area contributed by atoms with Gasteiger partial charge in [0.2, 0.25) is 35.4 Å². The number of nitrogens with one attached hydrogen (secondary N) is 5. The number of hydrogen-bond acceptors (Lipinski definition) is 7. The number of hydrogen-bond donors (Lipinski definition) is 6. The van der Waals surface area contributed by atoms with Crippen molar-refractivity contribution in [2.75, 3.05) is 13.1 Å². The summed E-state index contributed by atoms with van der Waals surface area (Å²) in [6.45, 7) is 12.9. The van der Waals surface area contributed by atoms with Crippen molar-refractivity contribution >= 4 is 35.4 Å². The van der Waals surface area contributed by atoms with Gasteiger partial charge in [-0.05, 0) is 60.6 Å². The van der Waals surface area contributed by atoms with Crippen LogP contribution in [-0.4, -0.2) is 88.7 Å². The van der Waals surface area contributed by atoms with Crippen LogP contribution in [0.5, 0.6) is 5.75 Å². The SMILES string of the molecule is CC(C)C[C@H]1NC(=O)CNC(=O)[C@@H]2CCCN2C(=O)[C@H](Cc2ccc(O)cc2)NC(=O)[C@H]([C@H](C)C(C)C)NC(=O)[C@H](C(C)C)NC1=O. The molecule has 0 unspecified atom stereocenters. The van der Waals surface area contributed by atoms with Gasteiger partial charge in [-0.3, -0.25) is 28.8 Å². The van der Waals surface area contributed by atoms with E-state index in [1.54, 1.807) is 26.0 Å². The van der Waals surface area contributed by atoms with E-state index in [4.69, 9.17) is 0 Å². The molecular formula is C34H52N6O7. The summed E-state index contributed by atoms with van der Waals surface area (Å²) >= 11 is 0.